The summed E-state index contributed by atoms with van der Waals surface area (Å²) in [6.45, 7) is 1.86. The van der Waals surface area contributed by atoms with Gasteiger partial charge in [0, 0.05) is 25.0 Å². The number of amides is 1. The van der Waals surface area contributed by atoms with Crippen LogP contribution in [0, 0.1) is 0 Å². The van der Waals surface area contributed by atoms with Crippen LogP contribution in [0.25, 0.3) is 0 Å². The van der Waals surface area contributed by atoms with Gasteiger partial charge in [0.2, 0.25) is 0 Å². The van der Waals surface area contributed by atoms with Crippen LogP contribution in [-0.2, 0) is 0 Å². The Bertz CT molecular complexity index is 572. The Morgan fingerprint density at radius 3 is 2.53 bits per heavy atom. The van der Waals surface area contributed by atoms with E-state index in [1.54, 1.807) is 30.1 Å². The van der Waals surface area contributed by atoms with Gasteiger partial charge in [-0.25, -0.2) is 9.97 Å². The number of hydrogen-bond acceptors (Lipinski definition) is 4. The maximum absolute atomic E-state index is 12.2. The standard InChI is InChI=1S/C14H15N3O2/c1-10(12-5-3-4-6-13(12)18)17(2)14(19)11-7-15-9-16-8-11/h3-10,18H,1-2H3. The van der Waals surface area contributed by atoms with E-state index in [1.165, 1.54) is 18.7 Å². The molecule has 0 bridgehead atoms. The molecule has 0 aliphatic heterocycles. The van der Waals surface area contributed by atoms with Crippen molar-refractivity contribution in [2.45, 2.75) is 13.0 Å². The number of para-hydroxylation sites is 1. The predicted octanol–water partition coefficient (Wildman–Crippen LogP) is 2.02. The molecule has 2 rings (SSSR count). The first-order chi connectivity index (χ1) is 9.11. The summed E-state index contributed by atoms with van der Waals surface area (Å²) < 4.78 is 0. The zero-order valence-electron chi connectivity index (χ0n) is 10.8. The van der Waals surface area contributed by atoms with Crippen molar-refractivity contribution in [1.82, 2.24) is 14.9 Å². The minimum Gasteiger partial charge on any atom is -0.508 e. The number of benzene rings is 1. The first kappa shape index (κ1) is 13.0. The molecule has 0 radical (unpaired) electrons. The summed E-state index contributed by atoms with van der Waals surface area (Å²) in [7, 11) is 1.69. The third-order valence-corrected chi connectivity index (χ3v) is 3.10. The normalized spacial score (nSPS) is 11.9. The van der Waals surface area contributed by atoms with Gasteiger partial charge in [-0.1, -0.05) is 18.2 Å². The highest BCUT2D eigenvalue weighted by molar-refractivity contribution is 5.93. The second kappa shape index (κ2) is 5.48. The molecule has 1 aromatic carbocycles. The van der Waals surface area contributed by atoms with Crippen LogP contribution in [0.15, 0.2) is 43.0 Å². The molecule has 5 heteroatoms. The molecule has 0 spiro atoms. The van der Waals surface area contributed by atoms with Crippen molar-refractivity contribution in [2.75, 3.05) is 7.05 Å². The Labute approximate surface area is 111 Å². The van der Waals surface area contributed by atoms with Crippen LogP contribution in [0.5, 0.6) is 5.75 Å². The smallest absolute Gasteiger partial charge is 0.257 e. The lowest BCUT2D eigenvalue weighted by Crippen LogP contribution is -2.29. The molecule has 98 valence electrons. The molecular formula is C14H15N3O2. The van der Waals surface area contributed by atoms with Gasteiger partial charge in [-0.15, -0.1) is 0 Å². The molecule has 1 aromatic heterocycles. The van der Waals surface area contributed by atoms with Gasteiger partial charge in [-0.05, 0) is 13.0 Å². The van der Waals surface area contributed by atoms with Crippen LogP contribution in [0.1, 0.15) is 28.9 Å². The van der Waals surface area contributed by atoms with E-state index in [2.05, 4.69) is 9.97 Å². The van der Waals surface area contributed by atoms with Gasteiger partial charge in [-0.3, -0.25) is 4.79 Å². The Morgan fingerprint density at radius 2 is 1.89 bits per heavy atom. The van der Waals surface area contributed by atoms with Crippen molar-refractivity contribution >= 4 is 5.91 Å². The van der Waals surface area contributed by atoms with E-state index in [4.69, 9.17) is 0 Å². The lowest BCUT2D eigenvalue weighted by Gasteiger charge is -2.25. The average molecular weight is 257 g/mol. The molecule has 2 aromatic rings. The minimum absolute atomic E-state index is 0.180. The Balaban J connectivity index is 2.23. The van der Waals surface area contributed by atoms with Crippen molar-refractivity contribution in [3.63, 3.8) is 0 Å². The van der Waals surface area contributed by atoms with Crippen molar-refractivity contribution < 1.29 is 9.90 Å². The van der Waals surface area contributed by atoms with E-state index in [9.17, 15) is 9.90 Å². The molecule has 1 unspecified atom stereocenters. The van der Waals surface area contributed by atoms with Crippen LogP contribution >= 0.6 is 0 Å². The van der Waals surface area contributed by atoms with Crippen LogP contribution in [0.2, 0.25) is 0 Å². The largest absolute Gasteiger partial charge is 0.508 e. The zero-order chi connectivity index (χ0) is 13.8. The van der Waals surface area contributed by atoms with Gasteiger partial charge in [0.1, 0.15) is 12.1 Å². The quantitative estimate of drug-likeness (QED) is 0.913. The minimum atomic E-state index is -0.242. The van der Waals surface area contributed by atoms with Crippen molar-refractivity contribution in [3.8, 4) is 5.75 Å². The molecule has 0 aliphatic carbocycles. The van der Waals surface area contributed by atoms with Gasteiger partial charge in [-0.2, -0.15) is 0 Å². The monoisotopic (exact) mass is 257 g/mol. The number of aromatic hydroxyl groups is 1. The average Bonchev–Trinajstić information content (AvgIpc) is 2.46. The summed E-state index contributed by atoms with van der Waals surface area (Å²) in [6, 6.07) is 6.74. The molecule has 19 heavy (non-hydrogen) atoms. The highest BCUT2D eigenvalue weighted by atomic mass is 16.3. The summed E-state index contributed by atoms with van der Waals surface area (Å²) >= 11 is 0. The zero-order valence-corrected chi connectivity index (χ0v) is 10.8. The van der Waals surface area contributed by atoms with E-state index in [0.29, 0.717) is 11.1 Å². The van der Waals surface area contributed by atoms with E-state index in [1.807, 2.05) is 13.0 Å². The van der Waals surface area contributed by atoms with Crippen molar-refractivity contribution in [2.24, 2.45) is 0 Å². The fourth-order valence-electron chi connectivity index (χ4n) is 1.84. The predicted molar refractivity (Wildman–Crippen MR) is 70.6 cm³/mol. The number of rotatable bonds is 3. The number of nitrogens with zero attached hydrogens (tertiary/aromatic N) is 3. The summed E-state index contributed by atoms with van der Waals surface area (Å²) in [6.07, 6.45) is 4.33. The maximum atomic E-state index is 12.2. The van der Waals surface area contributed by atoms with Gasteiger partial charge < -0.3 is 10.0 Å². The lowest BCUT2D eigenvalue weighted by atomic mass is 10.1. The number of phenolic OH excluding ortho intramolecular Hbond substituents is 1. The van der Waals surface area contributed by atoms with Crippen molar-refractivity contribution in [3.05, 3.63) is 54.1 Å². The second-order valence-corrected chi connectivity index (χ2v) is 4.28. The topological polar surface area (TPSA) is 66.3 Å². The number of hydrogen-bond donors (Lipinski definition) is 1. The maximum Gasteiger partial charge on any atom is 0.257 e. The number of phenols is 1. The van der Waals surface area contributed by atoms with Gasteiger partial charge in [0.15, 0.2) is 0 Å². The molecular weight excluding hydrogens is 242 g/mol. The molecule has 5 nitrogen and oxygen atoms in total. The lowest BCUT2D eigenvalue weighted by molar-refractivity contribution is 0.0740. The summed E-state index contributed by atoms with van der Waals surface area (Å²) in [5, 5.41) is 9.82. The Morgan fingerprint density at radius 1 is 1.26 bits per heavy atom. The Kier molecular flexibility index (Phi) is 3.75. The highest BCUT2D eigenvalue weighted by Crippen LogP contribution is 2.27. The van der Waals surface area contributed by atoms with Crippen LogP contribution in [0.3, 0.4) is 0 Å². The van der Waals surface area contributed by atoms with Crippen molar-refractivity contribution in [1.29, 1.82) is 0 Å². The van der Waals surface area contributed by atoms with Crippen LogP contribution in [0.4, 0.5) is 0 Å². The molecule has 1 heterocycles. The molecule has 1 N–H and O–H groups in total. The molecule has 0 fully saturated rings. The summed E-state index contributed by atoms with van der Waals surface area (Å²) in [4.78, 5) is 21.4. The fourth-order valence-corrected chi connectivity index (χ4v) is 1.84. The van der Waals surface area contributed by atoms with Gasteiger partial charge >= 0.3 is 0 Å². The highest BCUT2D eigenvalue weighted by Gasteiger charge is 2.21. The van der Waals surface area contributed by atoms with Crippen LogP contribution in [-0.4, -0.2) is 32.9 Å². The number of aromatic nitrogens is 2. The van der Waals surface area contributed by atoms with Crippen LogP contribution < -0.4 is 0 Å². The SMILES string of the molecule is CC(c1ccccc1O)N(C)C(=O)c1cncnc1. The third kappa shape index (κ3) is 2.70. The third-order valence-electron chi connectivity index (χ3n) is 3.10. The first-order valence-corrected chi connectivity index (χ1v) is 5.91. The molecule has 1 atom stereocenters. The molecule has 0 saturated heterocycles. The molecule has 1 amide bonds. The second-order valence-electron chi connectivity index (χ2n) is 4.28. The van der Waals surface area contributed by atoms with E-state index >= 15 is 0 Å². The molecule has 0 aliphatic rings. The number of carbonyl (C=O) groups is 1. The van der Waals surface area contributed by atoms with Gasteiger partial charge in [0.25, 0.3) is 5.91 Å². The summed E-state index contributed by atoms with van der Waals surface area (Å²) in [5.41, 5.74) is 1.13. The van der Waals surface area contributed by atoms with Gasteiger partial charge in [0.05, 0.1) is 11.6 Å². The van der Waals surface area contributed by atoms with E-state index < -0.39 is 0 Å². The van der Waals surface area contributed by atoms with E-state index in [-0.39, 0.29) is 17.7 Å². The molecule has 0 saturated carbocycles. The fraction of sp³-hybridized carbons (Fsp3) is 0.214. The first-order valence-electron chi connectivity index (χ1n) is 5.91. The Hall–Kier alpha value is -2.43. The summed E-state index contributed by atoms with van der Waals surface area (Å²) in [5.74, 6) is -0.00434. The van der Waals surface area contributed by atoms with E-state index in [0.717, 1.165) is 0 Å². The number of carbonyl (C=O) groups excluding carboxylic acids is 1.